The van der Waals surface area contributed by atoms with Gasteiger partial charge in [-0.25, -0.2) is 0 Å². The number of hydrogen-bond donors (Lipinski definition) is 2. The van der Waals surface area contributed by atoms with Gasteiger partial charge in [-0.3, -0.25) is 9.20 Å². The lowest BCUT2D eigenvalue weighted by molar-refractivity contribution is -0.137. The average Bonchev–Trinajstić information content (AvgIpc) is 2.94. The first-order valence-corrected chi connectivity index (χ1v) is 6.83. The number of hydrogen-bond acceptors (Lipinski definition) is 4. The van der Waals surface area contributed by atoms with Crippen molar-refractivity contribution < 1.29 is 23.1 Å². The Labute approximate surface area is 133 Å². The Balaban J connectivity index is 1.83. The van der Waals surface area contributed by atoms with E-state index in [1.807, 2.05) is 0 Å². The number of aromatic nitrogens is 3. The number of benzene rings is 1. The van der Waals surface area contributed by atoms with Gasteiger partial charge < -0.3 is 10.4 Å². The van der Waals surface area contributed by atoms with Gasteiger partial charge in [0.05, 0.1) is 17.7 Å². The molecule has 0 unspecified atom stereocenters. The zero-order valence-corrected chi connectivity index (χ0v) is 12.1. The zero-order chi connectivity index (χ0) is 17.3. The summed E-state index contributed by atoms with van der Waals surface area (Å²) in [7, 11) is 0. The van der Waals surface area contributed by atoms with Crippen LogP contribution in [0.4, 0.5) is 13.2 Å². The van der Waals surface area contributed by atoms with Crippen molar-refractivity contribution in [3.05, 3.63) is 59.5 Å². The van der Waals surface area contributed by atoms with Crippen LogP contribution in [-0.2, 0) is 12.7 Å². The maximum atomic E-state index is 12.8. The van der Waals surface area contributed by atoms with Crippen LogP contribution >= 0.6 is 0 Å². The molecule has 0 radical (unpaired) electrons. The molecule has 6 nitrogen and oxygen atoms in total. The normalized spacial score (nSPS) is 11.6. The fraction of sp³-hybridized carbons (Fsp3) is 0.133. The van der Waals surface area contributed by atoms with Gasteiger partial charge in [0.15, 0.2) is 11.5 Å². The van der Waals surface area contributed by atoms with Crippen molar-refractivity contribution in [2.45, 2.75) is 12.7 Å². The van der Waals surface area contributed by atoms with Gasteiger partial charge in [0.2, 0.25) is 0 Å². The highest BCUT2D eigenvalue weighted by Gasteiger charge is 2.31. The SMILES string of the molecule is O=C(NCc1nnc2ccc(C(F)(F)F)cn12)c1ccccc1O. The highest BCUT2D eigenvalue weighted by Crippen LogP contribution is 2.29. The molecule has 2 heterocycles. The lowest BCUT2D eigenvalue weighted by atomic mass is 10.2. The topological polar surface area (TPSA) is 79.5 Å². The monoisotopic (exact) mass is 336 g/mol. The van der Waals surface area contributed by atoms with Crippen molar-refractivity contribution in [1.29, 1.82) is 0 Å². The number of para-hydroxylation sites is 1. The second kappa shape index (κ2) is 5.84. The third-order valence-electron chi connectivity index (χ3n) is 3.36. The van der Waals surface area contributed by atoms with Crippen molar-refractivity contribution in [3.8, 4) is 5.75 Å². The van der Waals surface area contributed by atoms with E-state index in [1.165, 1.54) is 18.2 Å². The van der Waals surface area contributed by atoms with Gasteiger partial charge >= 0.3 is 6.18 Å². The van der Waals surface area contributed by atoms with Crippen LogP contribution in [0.1, 0.15) is 21.7 Å². The number of amides is 1. The molecular weight excluding hydrogens is 325 g/mol. The molecule has 24 heavy (non-hydrogen) atoms. The maximum Gasteiger partial charge on any atom is 0.417 e. The summed E-state index contributed by atoms with van der Waals surface area (Å²) in [5.74, 6) is -0.628. The number of alkyl halides is 3. The molecule has 0 atom stereocenters. The summed E-state index contributed by atoms with van der Waals surface area (Å²) in [5, 5.41) is 19.6. The molecule has 0 aliphatic carbocycles. The fourth-order valence-corrected chi connectivity index (χ4v) is 2.15. The third-order valence-corrected chi connectivity index (χ3v) is 3.36. The summed E-state index contributed by atoms with van der Waals surface area (Å²) < 4.78 is 39.5. The molecule has 1 aromatic carbocycles. The minimum absolute atomic E-state index is 0.0577. The van der Waals surface area contributed by atoms with E-state index in [0.717, 1.165) is 16.7 Å². The van der Waals surface area contributed by atoms with E-state index in [-0.39, 0.29) is 29.3 Å². The predicted octanol–water partition coefficient (Wildman–Crippen LogP) is 2.38. The molecule has 0 bridgehead atoms. The van der Waals surface area contributed by atoms with Gasteiger partial charge in [0.25, 0.3) is 5.91 Å². The molecule has 124 valence electrons. The first-order chi connectivity index (χ1) is 11.4. The van der Waals surface area contributed by atoms with Crippen LogP contribution in [-0.4, -0.2) is 25.6 Å². The number of carbonyl (C=O) groups is 1. The van der Waals surface area contributed by atoms with E-state index in [0.29, 0.717) is 0 Å². The Bertz CT molecular complexity index is 905. The maximum absolute atomic E-state index is 12.8. The molecule has 3 rings (SSSR count). The number of carbonyl (C=O) groups excluding carboxylic acids is 1. The van der Waals surface area contributed by atoms with Crippen LogP contribution in [0.5, 0.6) is 5.75 Å². The summed E-state index contributed by atoms with van der Waals surface area (Å²) in [6.07, 6.45) is -3.62. The quantitative estimate of drug-likeness (QED) is 0.770. The fourth-order valence-electron chi connectivity index (χ4n) is 2.15. The number of rotatable bonds is 3. The number of pyridine rings is 1. The third kappa shape index (κ3) is 3.00. The Hall–Kier alpha value is -3.10. The van der Waals surface area contributed by atoms with Crippen molar-refractivity contribution in [2.24, 2.45) is 0 Å². The number of fused-ring (bicyclic) bond motifs is 1. The largest absolute Gasteiger partial charge is 0.507 e. The molecule has 1 amide bonds. The van der Waals surface area contributed by atoms with Gasteiger partial charge in [-0.1, -0.05) is 12.1 Å². The minimum atomic E-state index is -4.49. The van der Waals surface area contributed by atoms with Gasteiger partial charge in [-0.15, -0.1) is 10.2 Å². The predicted molar refractivity (Wildman–Crippen MR) is 77.3 cm³/mol. The Morgan fingerprint density at radius 1 is 1.17 bits per heavy atom. The van der Waals surface area contributed by atoms with Crippen molar-refractivity contribution in [2.75, 3.05) is 0 Å². The number of phenolic OH excluding ortho intramolecular Hbond substituents is 1. The van der Waals surface area contributed by atoms with E-state index in [4.69, 9.17) is 0 Å². The summed E-state index contributed by atoms with van der Waals surface area (Å²) in [6, 6.07) is 8.04. The molecular formula is C15H11F3N4O2. The van der Waals surface area contributed by atoms with Crippen LogP contribution in [0, 0.1) is 0 Å². The number of phenols is 1. The standard InChI is InChI=1S/C15H11F3N4O2/c16-15(17,18)9-5-6-12-20-21-13(22(12)8-9)7-19-14(24)10-3-1-2-4-11(10)23/h1-6,8,23H,7H2,(H,19,24). The molecule has 9 heteroatoms. The minimum Gasteiger partial charge on any atom is -0.507 e. The lowest BCUT2D eigenvalue weighted by Crippen LogP contribution is -2.24. The molecule has 2 aromatic heterocycles. The summed E-state index contributed by atoms with van der Waals surface area (Å²) in [6.45, 7) is -0.143. The van der Waals surface area contributed by atoms with Crippen molar-refractivity contribution >= 4 is 11.6 Å². The smallest absolute Gasteiger partial charge is 0.417 e. The summed E-state index contributed by atoms with van der Waals surface area (Å²) >= 11 is 0. The molecule has 2 N–H and O–H groups in total. The Kier molecular flexibility index (Phi) is 3.84. The molecule has 0 fully saturated rings. The van der Waals surface area contributed by atoms with Gasteiger partial charge in [-0.05, 0) is 24.3 Å². The van der Waals surface area contributed by atoms with E-state index in [2.05, 4.69) is 15.5 Å². The van der Waals surface area contributed by atoms with Gasteiger partial charge in [0, 0.05) is 6.20 Å². The summed E-state index contributed by atoms with van der Waals surface area (Å²) in [5.41, 5.74) is -0.555. The highest BCUT2D eigenvalue weighted by molar-refractivity contribution is 5.96. The second-order valence-electron chi connectivity index (χ2n) is 4.96. The summed E-state index contributed by atoms with van der Waals surface area (Å²) in [4.78, 5) is 12.0. The van der Waals surface area contributed by atoms with Gasteiger partial charge in [0.1, 0.15) is 5.75 Å². The second-order valence-corrected chi connectivity index (χ2v) is 4.96. The molecule has 0 aliphatic rings. The van der Waals surface area contributed by atoms with Crippen LogP contribution in [0.25, 0.3) is 5.65 Å². The number of halogens is 3. The van der Waals surface area contributed by atoms with Crippen LogP contribution in [0.15, 0.2) is 42.6 Å². The first kappa shape index (κ1) is 15.8. The number of nitrogens with one attached hydrogen (secondary N) is 1. The Morgan fingerprint density at radius 3 is 2.62 bits per heavy atom. The Morgan fingerprint density at radius 2 is 1.92 bits per heavy atom. The van der Waals surface area contributed by atoms with Crippen LogP contribution < -0.4 is 5.32 Å². The van der Waals surface area contributed by atoms with E-state index >= 15 is 0 Å². The first-order valence-electron chi connectivity index (χ1n) is 6.83. The van der Waals surface area contributed by atoms with Crippen LogP contribution in [0.3, 0.4) is 0 Å². The van der Waals surface area contributed by atoms with E-state index < -0.39 is 17.6 Å². The molecule has 3 aromatic rings. The molecule has 0 saturated heterocycles. The van der Waals surface area contributed by atoms with E-state index in [9.17, 15) is 23.1 Å². The lowest BCUT2D eigenvalue weighted by Gasteiger charge is -2.08. The highest BCUT2D eigenvalue weighted by atomic mass is 19.4. The average molecular weight is 336 g/mol. The molecule has 0 aliphatic heterocycles. The van der Waals surface area contributed by atoms with E-state index in [1.54, 1.807) is 12.1 Å². The van der Waals surface area contributed by atoms with Crippen molar-refractivity contribution in [3.63, 3.8) is 0 Å². The molecule has 0 spiro atoms. The van der Waals surface area contributed by atoms with Gasteiger partial charge in [-0.2, -0.15) is 13.2 Å². The molecule has 0 saturated carbocycles. The zero-order valence-electron chi connectivity index (χ0n) is 12.1. The van der Waals surface area contributed by atoms with Crippen molar-refractivity contribution in [1.82, 2.24) is 19.9 Å². The van der Waals surface area contributed by atoms with Crippen LogP contribution in [0.2, 0.25) is 0 Å². The number of nitrogens with zero attached hydrogens (tertiary/aromatic N) is 3. The number of aromatic hydroxyl groups is 1.